The number of hydrogen-bond acceptors (Lipinski definition) is 20. The molecule has 488 valence electrons. The van der Waals surface area contributed by atoms with Crippen LogP contribution in [0.15, 0.2) is 61.4 Å². The van der Waals surface area contributed by atoms with Crippen LogP contribution in [0.2, 0.25) is 0 Å². The second-order valence-corrected chi connectivity index (χ2v) is 25.2. The maximum Gasteiger partial charge on any atom is 0.253 e. The van der Waals surface area contributed by atoms with E-state index in [1.165, 1.54) is 0 Å². The molecule has 24 nitrogen and oxygen atoms in total. The van der Waals surface area contributed by atoms with Gasteiger partial charge in [-0.2, -0.15) is 9.97 Å². The normalized spacial score (nSPS) is 21.8. The molecule has 6 aliphatic heterocycles. The molecule has 6 fully saturated rings. The van der Waals surface area contributed by atoms with E-state index in [0.29, 0.717) is 84.4 Å². The quantitative estimate of drug-likeness (QED) is 0.0351. The average molecular weight is 1250 g/mol. The molecule has 0 saturated carbocycles. The minimum Gasteiger partial charge on any atom is -0.378 e. The summed E-state index contributed by atoms with van der Waals surface area (Å²) in [5.74, 6) is 3.12. The standard InChI is InChI=1S/2C32H46FN9O3/c2*1-21(2)42-19-25(31(43)37-22-6-11-40(12-7-22)10-4-14-45-23-16-34-17-23)24-18-36-30(15-27(24)42)38-29-5-9-35-32(39-29)41-13-8-28(44-3)26(33)20-41/h2*5,9,15,18-19,21-23,26,28,34H,4,6-8,10-14,16-17,20H2,1-3H3,(H,37,43)(H,35,36,38,39)/t2*26-,28+/m10/s1. The van der Waals surface area contributed by atoms with Crippen LogP contribution in [0.1, 0.15) is 112 Å². The molecule has 0 aliphatic carbocycles. The highest BCUT2D eigenvalue weighted by Crippen LogP contribution is 2.31. The summed E-state index contributed by atoms with van der Waals surface area (Å²) in [7, 11) is 3.08. The number of nitrogens with one attached hydrogen (secondary N) is 6. The molecule has 12 heterocycles. The Bertz CT molecular complexity index is 3100. The first-order valence-electron chi connectivity index (χ1n) is 32.5. The summed E-state index contributed by atoms with van der Waals surface area (Å²) < 4.78 is 55.3. The second kappa shape index (κ2) is 30.6. The largest absolute Gasteiger partial charge is 0.378 e. The van der Waals surface area contributed by atoms with Gasteiger partial charge in [0.25, 0.3) is 11.8 Å². The third kappa shape index (κ3) is 16.3. The minimum atomic E-state index is -1.10. The number of methoxy groups -OCH3 is 2. The summed E-state index contributed by atoms with van der Waals surface area (Å²) in [5.41, 5.74) is 3.09. The molecule has 26 heteroatoms. The van der Waals surface area contributed by atoms with Crippen molar-refractivity contribution in [3.8, 4) is 0 Å². The highest BCUT2D eigenvalue weighted by Gasteiger charge is 2.33. The number of fused-ring (bicyclic) bond motifs is 2. The summed E-state index contributed by atoms with van der Waals surface area (Å²) >= 11 is 0. The molecule has 12 rings (SSSR count). The number of amides is 2. The number of hydrogen-bond donors (Lipinski definition) is 6. The van der Waals surface area contributed by atoms with Crippen molar-refractivity contribution in [2.75, 3.05) is 139 Å². The zero-order chi connectivity index (χ0) is 62.7. The van der Waals surface area contributed by atoms with Gasteiger partial charge in [0.1, 0.15) is 35.6 Å². The Hall–Kier alpha value is -6.78. The number of likely N-dealkylation sites (tertiary alicyclic amines) is 2. The predicted octanol–water partition coefficient (Wildman–Crippen LogP) is 6.57. The number of rotatable bonds is 24. The predicted molar refractivity (Wildman–Crippen MR) is 344 cm³/mol. The summed E-state index contributed by atoms with van der Waals surface area (Å²) in [6.07, 6.45) is 15.4. The molecular weight excluding hydrogens is 1150 g/mol. The first-order valence-corrected chi connectivity index (χ1v) is 32.5. The molecule has 0 radical (unpaired) electrons. The van der Waals surface area contributed by atoms with Gasteiger partial charge in [0.15, 0.2) is 0 Å². The highest BCUT2D eigenvalue weighted by molar-refractivity contribution is 6.08. The number of carbonyl (C=O) groups is 2. The van der Waals surface area contributed by atoms with Gasteiger partial charge in [-0.05, 0) is 91.2 Å². The van der Waals surface area contributed by atoms with Crippen molar-refractivity contribution in [3.63, 3.8) is 0 Å². The molecule has 90 heavy (non-hydrogen) atoms. The van der Waals surface area contributed by atoms with Gasteiger partial charge in [-0.1, -0.05) is 0 Å². The number of anilines is 6. The summed E-state index contributed by atoms with van der Waals surface area (Å²) in [6, 6.07) is 8.00. The minimum absolute atomic E-state index is 0.0632. The zero-order valence-electron chi connectivity index (χ0n) is 53.1. The van der Waals surface area contributed by atoms with E-state index in [1.54, 1.807) is 51.1 Å². The third-order valence-electron chi connectivity index (χ3n) is 18.3. The van der Waals surface area contributed by atoms with E-state index in [0.717, 1.165) is 139 Å². The van der Waals surface area contributed by atoms with Crippen LogP contribution < -0.4 is 41.7 Å². The van der Waals surface area contributed by atoms with Gasteiger partial charge >= 0.3 is 0 Å². The number of nitrogens with zero attached hydrogens (tertiary/aromatic N) is 12. The number of alkyl halides is 2. The molecule has 2 amide bonds. The molecular formula is C64H92F2N18O6. The van der Waals surface area contributed by atoms with Crippen LogP contribution in [-0.4, -0.2) is 229 Å². The van der Waals surface area contributed by atoms with Crippen LogP contribution in [-0.2, 0) is 18.9 Å². The second-order valence-electron chi connectivity index (χ2n) is 25.2. The Morgan fingerprint density at radius 2 is 0.989 bits per heavy atom. The summed E-state index contributed by atoms with van der Waals surface area (Å²) in [5, 5.41) is 21.2. The van der Waals surface area contributed by atoms with Crippen LogP contribution in [0.4, 0.5) is 43.9 Å². The number of ether oxygens (including phenoxy) is 4. The molecule has 4 atom stereocenters. The average Bonchev–Trinajstić information content (AvgIpc) is 1.76. The lowest BCUT2D eigenvalue weighted by atomic mass is 10.0. The van der Waals surface area contributed by atoms with E-state index in [-0.39, 0.29) is 49.1 Å². The van der Waals surface area contributed by atoms with E-state index in [4.69, 9.17) is 18.9 Å². The van der Waals surface area contributed by atoms with Crippen molar-refractivity contribution >= 4 is 68.8 Å². The van der Waals surface area contributed by atoms with Gasteiger partial charge in [0.05, 0.1) is 59.7 Å². The Balaban J connectivity index is 0.000000185. The van der Waals surface area contributed by atoms with Crippen LogP contribution in [0.25, 0.3) is 21.8 Å². The lowest BCUT2D eigenvalue weighted by molar-refractivity contribution is 0.0134. The molecule has 6 aromatic heterocycles. The van der Waals surface area contributed by atoms with Gasteiger partial charge < -0.3 is 79.6 Å². The SMILES string of the molecule is CO[C@@H]1CCN(c2nccc(Nc3cc4c(cn3)c(C(=O)NC3CCN(CCCOC5CNC5)CC3)cn4C(C)C)n2)C[C@@H]1F.CO[C@H]1CCN(c2nccc(Nc3cc4c(cn3)c(C(=O)NC3CCN(CCCOC5CNC5)CC3)cn4C(C)C)n2)C[C@H]1F. The van der Waals surface area contributed by atoms with Crippen molar-refractivity contribution in [2.45, 2.75) is 140 Å². The molecule has 6 N–H and O–H groups in total. The fourth-order valence-corrected chi connectivity index (χ4v) is 12.7. The Labute approximate surface area is 526 Å². The van der Waals surface area contributed by atoms with E-state index in [9.17, 15) is 18.4 Å². The van der Waals surface area contributed by atoms with Crippen molar-refractivity contribution in [1.29, 1.82) is 0 Å². The van der Waals surface area contributed by atoms with Crippen LogP contribution >= 0.6 is 0 Å². The van der Waals surface area contributed by atoms with Gasteiger partial charge in [-0.15, -0.1) is 0 Å². The highest BCUT2D eigenvalue weighted by atomic mass is 19.1. The lowest BCUT2D eigenvalue weighted by Crippen LogP contribution is -2.48. The number of halogens is 2. The topological polar surface area (TPSA) is 243 Å². The lowest BCUT2D eigenvalue weighted by Gasteiger charge is -2.33. The van der Waals surface area contributed by atoms with Gasteiger partial charge in [-0.25, -0.2) is 28.7 Å². The maximum absolute atomic E-state index is 14.5. The number of pyridine rings is 2. The van der Waals surface area contributed by atoms with E-state index < -0.39 is 24.6 Å². The summed E-state index contributed by atoms with van der Waals surface area (Å²) in [4.78, 5) is 62.9. The van der Waals surface area contributed by atoms with Gasteiger partial charge in [-0.3, -0.25) is 9.59 Å². The third-order valence-corrected chi connectivity index (χ3v) is 18.3. The van der Waals surface area contributed by atoms with Crippen molar-refractivity contribution < 1.29 is 37.3 Å². The van der Waals surface area contributed by atoms with Crippen molar-refractivity contribution in [1.82, 2.24) is 70.1 Å². The van der Waals surface area contributed by atoms with Crippen LogP contribution in [0.5, 0.6) is 0 Å². The monoisotopic (exact) mass is 1250 g/mol. The Kier molecular flexibility index (Phi) is 22.0. The van der Waals surface area contributed by atoms with Gasteiger partial charge in [0.2, 0.25) is 11.9 Å². The first-order chi connectivity index (χ1) is 43.7. The molecule has 6 aliphatic rings. The molecule has 6 saturated heterocycles. The molecule has 0 unspecified atom stereocenters. The van der Waals surface area contributed by atoms with Crippen molar-refractivity contribution in [2.24, 2.45) is 0 Å². The Morgan fingerprint density at radius 3 is 1.34 bits per heavy atom. The van der Waals surface area contributed by atoms with E-state index in [2.05, 4.69) is 108 Å². The van der Waals surface area contributed by atoms with E-state index in [1.807, 2.05) is 34.3 Å². The van der Waals surface area contributed by atoms with Crippen molar-refractivity contribution in [3.05, 3.63) is 72.6 Å². The van der Waals surface area contributed by atoms with Crippen LogP contribution in [0, 0.1) is 0 Å². The zero-order valence-corrected chi connectivity index (χ0v) is 53.1. The molecule has 0 spiro atoms. The maximum atomic E-state index is 14.5. The fourth-order valence-electron chi connectivity index (χ4n) is 12.7. The van der Waals surface area contributed by atoms with Crippen LogP contribution in [0.3, 0.4) is 0 Å². The summed E-state index contributed by atoms with van der Waals surface area (Å²) in [6.45, 7) is 21.5. The van der Waals surface area contributed by atoms with E-state index >= 15 is 0 Å². The van der Waals surface area contributed by atoms with Gasteiger partial charge in [0, 0.05) is 190 Å². The fraction of sp³-hybridized carbons (Fsp3) is 0.625. The first kappa shape index (κ1) is 64.7. The smallest absolute Gasteiger partial charge is 0.253 e. The molecule has 0 aromatic carbocycles. The molecule has 6 aromatic rings. The number of carbonyl (C=O) groups excluding carboxylic acids is 2. The Morgan fingerprint density at radius 1 is 0.578 bits per heavy atom. The number of piperidine rings is 4. The molecule has 0 bridgehead atoms. The number of aromatic nitrogens is 8.